The van der Waals surface area contributed by atoms with Crippen LogP contribution in [0.5, 0.6) is 11.5 Å². The summed E-state index contributed by atoms with van der Waals surface area (Å²) in [4.78, 5) is 21.1. The quantitative estimate of drug-likeness (QED) is 0.658. The second-order valence-corrected chi connectivity index (χ2v) is 7.36. The third-order valence-electron chi connectivity index (χ3n) is 5.37. The number of aromatic nitrogens is 2. The number of piperazine rings is 1. The molecule has 30 heavy (non-hydrogen) atoms. The van der Waals surface area contributed by atoms with Crippen LogP contribution in [0.4, 0.5) is 0 Å². The zero-order valence-corrected chi connectivity index (χ0v) is 16.5. The van der Waals surface area contributed by atoms with Gasteiger partial charge in [-0.05, 0) is 35.9 Å². The van der Waals surface area contributed by atoms with E-state index >= 15 is 0 Å². The zero-order valence-electron chi connectivity index (χ0n) is 16.5. The number of carbonyl (C=O) groups is 1. The molecule has 4 heterocycles. The van der Waals surface area contributed by atoms with Gasteiger partial charge in [0, 0.05) is 56.7 Å². The summed E-state index contributed by atoms with van der Waals surface area (Å²) in [5, 5.41) is 4.01. The SMILES string of the molecule is O=C(c1cc(-c2ccc3c(c2)OCCO3)on1)N1CCN(Cc2ccncc2)CC1. The van der Waals surface area contributed by atoms with Gasteiger partial charge in [-0.3, -0.25) is 14.7 Å². The fraction of sp³-hybridized carbons (Fsp3) is 0.318. The van der Waals surface area contributed by atoms with Crippen molar-refractivity contribution in [3.8, 4) is 22.8 Å². The summed E-state index contributed by atoms with van der Waals surface area (Å²) in [6.45, 7) is 4.89. The summed E-state index contributed by atoms with van der Waals surface area (Å²) in [6.07, 6.45) is 3.61. The number of fused-ring (bicyclic) bond motifs is 1. The molecule has 2 aliphatic rings. The summed E-state index contributed by atoms with van der Waals surface area (Å²) in [7, 11) is 0. The number of hydrogen-bond acceptors (Lipinski definition) is 7. The lowest BCUT2D eigenvalue weighted by Gasteiger charge is -2.34. The van der Waals surface area contributed by atoms with Crippen molar-refractivity contribution >= 4 is 5.91 Å². The van der Waals surface area contributed by atoms with Crippen LogP contribution in [-0.2, 0) is 6.54 Å². The molecule has 0 radical (unpaired) electrons. The Morgan fingerprint density at radius 1 is 0.933 bits per heavy atom. The monoisotopic (exact) mass is 406 g/mol. The van der Waals surface area contributed by atoms with Gasteiger partial charge in [0.25, 0.3) is 5.91 Å². The fourth-order valence-electron chi connectivity index (χ4n) is 3.73. The van der Waals surface area contributed by atoms with Crippen LogP contribution in [0.2, 0.25) is 0 Å². The third-order valence-corrected chi connectivity index (χ3v) is 5.37. The normalized spacial score (nSPS) is 16.5. The topological polar surface area (TPSA) is 80.9 Å². The van der Waals surface area contributed by atoms with Gasteiger partial charge in [0.2, 0.25) is 0 Å². The first-order chi connectivity index (χ1) is 14.8. The van der Waals surface area contributed by atoms with Gasteiger partial charge in [-0.1, -0.05) is 5.16 Å². The smallest absolute Gasteiger partial charge is 0.276 e. The molecule has 1 fully saturated rings. The number of pyridine rings is 1. The van der Waals surface area contributed by atoms with Crippen LogP contribution < -0.4 is 9.47 Å². The van der Waals surface area contributed by atoms with Crippen molar-refractivity contribution in [1.29, 1.82) is 0 Å². The van der Waals surface area contributed by atoms with E-state index in [4.69, 9.17) is 14.0 Å². The third kappa shape index (κ3) is 3.86. The average Bonchev–Trinajstić information content (AvgIpc) is 3.30. The molecule has 5 rings (SSSR count). The maximum Gasteiger partial charge on any atom is 0.276 e. The van der Waals surface area contributed by atoms with E-state index in [2.05, 4.69) is 15.0 Å². The Kier molecular flexibility index (Phi) is 5.06. The Hall–Kier alpha value is -3.39. The molecule has 8 heteroatoms. The minimum Gasteiger partial charge on any atom is -0.486 e. The van der Waals surface area contributed by atoms with Crippen LogP contribution in [0.25, 0.3) is 11.3 Å². The Morgan fingerprint density at radius 3 is 2.50 bits per heavy atom. The number of benzene rings is 1. The molecule has 0 N–H and O–H groups in total. The summed E-state index contributed by atoms with van der Waals surface area (Å²) in [5.41, 5.74) is 2.35. The predicted molar refractivity (Wildman–Crippen MR) is 108 cm³/mol. The average molecular weight is 406 g/mol. The number of amides is 1. The molecule has 2 aromatic heterocycles. The zero-order chi connectivity index (χ0) is 20.3. The molecular formula is C22H22N4O4. The van der Waals surface area contributed by atoms with Crippen molar-refractivity contribution in [1.82, 2.24) is 19.9 Å². The molecule has 0 unspecified atom stereocenters. The molecule has 1 aromatic carbocycles. The molecule has 1 amide bonds. The summed E-state index contributed by atoms with van der Waals surface area (Å²) < 4.78 is 16.6. The second-order valence-electron chi connectivity index (χ2n) is 7.36. The van der Waals surface area contributed by atoms with Crippen molar-refractivity contribution in [3.63, 3.8) is 0 Å². The van der Waals surface area contributed by atoms with Gasteiger partial charge in [0.15, 0.2) is 23.0 Å². The lowest BCUT2D eigenvalue weighted by Crippen LogP contribution is -2.48. The first-order valence-electron chi connectivity index (χ1n) is 10.0. The summed E-state index contributed by atoms with van der Waals surface area (Å²) in [6, 6.07) is 11.3. The highest BCUT2D eigenvalue weighted by molar-refractivity contribution is 5.93. The largest absolute Gasteiger partial charge is 0.486 e. The van der Waals surface area contributed by atoms with Crippen molar-refractivity contribution in [2.75, 3.05) is 39.4 Å². The van der Waals surface area contributed by atoms with E-state index in [1.165, 1.54) is 5.56 Å². The highest BCUT2D eigenvalue weighted by Crippen LogP contribution is 2.34. The molecule has 0 saturated carbocycles. The van der Waals surface area contributed by atoms with E-state index in [0.717, 1.165) is 25.2 Å². The lowest BCUT2D eigenvalue weighted by molar-refractivity contribution is 0.0618. The lowest BCUT2D eigenvalue weighted by atomic mass is 10.1. The van der Waals surface area contributed by atoms with Crippen molar-refractivity contribution in [2.24, 2.45) is 0 Å². The van der Waals surface area contributed by atoms with Gasteiger partial charge in [-0.15, -0.1) is 0 Å². The van der Waals surface area contributed by atoms with Crippen LogP contribution in [0.15, 0.2) is 53.3 Å². The van der Waals surface area contributed by atoms with Gasteiger partial charge in [-0.25, -0.2) is 0 Å². The second kappa shape index (κ2) is 8.16. The molecule has 0 atom stereocenters. The standard InChI is InChI=1S/C22H22N4O4/c27-22(26-9-7-25(8-10-26)15-16-3-5-23-6-4-16)18-14-20(30-24-18)17-1-2-19-21(13-17)29-12-11-28-19/h1-6,13-14H,7-12,15H2. The maximum absolute atomic E-state index is 12.9. The summed E-state index contributed by atoms with van der Waals surface area (Å²) >= 11 is 0. The van der Waals surface area contributed by atoms with E-state index < -0.39 is 0 Å². The first-order valence-corrected chi connectivity index (χ1v) is 10.0. The van der Waals surface area contributed by atoms with Gasteiger partial charge >= 0.3 is 0 Å². The molecule has 3 aromatic rings. The van der Waals surface area contributed by atoms with Gasteiger partial charge in [0.05, 0.1) is 0 Å². The molecule has 1 saturated heterocycles. The predicted octanol–water partition coefficient (Wildman–Crippen LogP) is 2.47. The molecule has 2 aliphatic heterocycles. The van der Waals surface area contributed by atoms with Crippen LogP contribution in [0.3, 0.4) is 0 Å². The van der Waals surface area contributed by atoms with Crippen LogP contribution >= 0.6 is 0 Å². The van der Waals surface area contributed by atoms with Crippen molar-refractivity contribution < 1.29 is 18.8 Å². The van der Waals surface area contributed by atoms with Gasteiger partial charge in [0.1, 0.15) is 13.2 Å². The van der Waals surface area contributed by atoms with E-state index in [-0.39, 0.29) is 5.91 Å². The molecular weight excluding hydrogens is 384 g/mol. The molecule has 0 spiro atoms. The van der Waals surface area contributed by atoms with Crippen LogP contribution in [0.1, 0.15) is 16.1 Å². The molecule has 0 aliphatic carbocycles. The molecule has 0 bridgehead atoms. The first kappa shape index (κ1) is 18.6. The van der Waals surface area contributed by atoms with Crippen molar-refractivity contribution in [3.05, 3.63) is 60.0 Å². The van der Waals surface area contributed by atoms with Crippen LogP contribution in [-0.4, -0.2) is 65.2 Å². The minimum absolute atomic E-state index is 0.105. The summed E-state index contributed by atoms with van der Waals surface area (Å²) in [5.74, 6) is 1.82. The Labute approximate surface area is 174 Å². The van der Waals surface area contributed by atoms with E-state index in [9.17, 15) is 4.79 Å². The fourth-order valence-corrected chi connectivity index (χ4v) is 3.73. The molecule has 154 valence electrons. The van der Waals surface area contributed by atoms with Gasteiger partial charge in [-0.2, -0.15) is 0 Å². The Bertz CT molecular complexity index is 1030. The number of nitrogens with zero attached hydrogens (tertiary/aromatic N) is 4. The maximum atomic E-state index is 12.9. The number of rotatable bonds is 4. The Morgan fingerprint density at radius 2 is 1.70 bits per heavy atom. The Balaban J connectivity index is 1.22. The highest BCUT2D eigenvalue weighted by atomic mass is 16.6. The number of hydrogen-bond donors (Lipinski definition) is 0. The minimum atomic E-state index is -0.105. The van der Waals surface area contributed by atoms with Gasteiger partial charge < -0.3 is 18.9 Å². The van der Waals surface area contributed by atoms with E-state index in [1.807, 2.05) is 35.2 Å². The number of ether oxygens (including phenoxy) is 2. The van der Waals surface area contributed by atoms with Crippen molar-refractivity contribution in [2.45, 2.75) is 6.54 Å². The molecule has 8 nitrogen and oxygen atoms in total. The van der Waals surface area contributed by atoms with Crippen LogP contribution in [0, 0.1) is 0 Å². The number of carbonyl (C=O) groups excluding carboxylic acids is 1. The highest BCUT2D eigenvalue weighted by Gasteiger charge is 2.25. The van der Waals surface area contributed by atoms with E-state index in [0.29, 0.717) is 49.3 Å². The van der Waals surface area contributed by atoms with E-state index in [1.54, 1.807) is 18.5 Å².